The molecule has 0 saturated heterocycles. The third-order valence-electron chi connectivity index (χ3n) is 3.19. The monoisotopic (exact) mass is 277 g/mol. The molecule has 20 heavy (non-hydrogen) atoms. The van der Waals surface area contributed by atoms with Crippen molar-refractivity contribution in [3.05, 3.63) is 0 Å². The van der Waals surface area contributed by atoms with Crippen molar-refractivity contribution in [2.45, 2.75) is 84.1 Å². The number of carbonyl (C=O) groups is 1. The van der Waals surface area contributed by atoms with Crippen LogP contribution in [0.3, 0.4) is 0 Å². The fourth-order valence-corrected chi connectivity index (χ4v) is 1.92. The van der Waals surface area contributed by atoms with Crippen LogP contribution in [0.25, 0.3) is 0 Å². The second-order valence-electron chi connectivity index (χ2n) is 5.12. The average Bonchev–Trinajstić information content (AvgIpc) is 2.36. The molecular formula is C15H28LiNO3. The minimum atomic E-state index is -1.04. The first-order valence-electron chi connectivity index (χ1n) is 7.54. The third kappa shape index (κ3) is 14.0. The number of hydrogen-bond donors (Lipinski definition) is 1. The van der Waals surface area contributed by atoms with Crippen LogP contribution in [0, 0.1) is 0 Å². The number of hydrogen-bond acceptors (Lipinski definition) is 3. The summed E-state index contributed by atoms with van der Waals surface area (Å²) < 4.78 is 0. The summed E-state index contributed by atoms with van der Waals surface area (Å²) in [7, 11) is 0. The van der Waals surface area contributed by atoms with Crippen LogP contribution in [-0.4, -0.2) is 23.0 Å². The molecule has 0 radical (unpaired) electrons. The molecule has 0 bridgehead atoms. The first-order valence-corrected chi connectivity index (χ1v) is 7.54. The first kappa shape index (κ1) is 21.8. The summed E-state index contributed by atoms with van der Waals surface area (Å²) in [5.74, 6) is -1.32. The third-order valence-corrected chi connectivity index (χ3v) is 3.19. The Balaban J connectivity index is 0. The first-order chi connectivity index (χ1) is 9.07. The van der Waals surface area contributed by atoms with E-state index >= 15 is 0 Å². The van der Waals surface area contributed by atoms with E-state index in [0.717, 1.165) is 19.3 Å². The summed E-state index contributed by atoms with van der Waals surface area (Å²) >= 11 is 0. The molecule has 5 heteroatoms. The molecular weight excluding hydrogens is 249 g/mol. The second kappa shape index (κ2) is 14.9. The minimum Gasteiger partial charge on any atom is -0.862 e. The molecule has 0 amide bonds. The molecule has 1 N–H and O–H groups in total. The summed E-state index contributed by atoms with van der Waals surface area (Å²) in [6.45, 7) is 3.64. The molecule has 0 fully saturated rings. The van der Waals surface area contributed by atoms with Crippen LogP contribution in [0.4, 0.5) is 0 Å². The molecule has 0 aliphatic carbocycles. The summed E-state index contributed by atoms with van der Waals surface area (Å²) in [5, 5.41) is 20.0. The number of unbranched alkanes of at least 4 members (excludes halogenated alkanes) is 8. The van der Waals surface area contributed by atoms with Crippen molar-refractivity contribution >= 4 is 11.9 Å². The number of aliphatic imine (C=N–C) groups is 1. The van der Waals surface area contributed by atoms with Crippen molar-refractivity contribution in [1.29, 1.82) is 0 Å². The Morgan fingerprint density at radius 1 is 1.05 bits per heavy atom. The van der Waals surface area contributed by atoms with Crippen molar-refractivity contribution in [3.63, 3.8) is 0 Å². The number of rotatable bonds is 12. The largest absolute Gasteiger partial charge is 1.00 e. The van der Waals surface area contributed by atoms with Crippen molar-refractivity contribution in [2.24, 2.45) is 4.99 Å². The smallest absolute Gasteiger partial charge is 0.862 e. The fourth-order valence-electron chi connectivity index (χ4n) is 1.92. The molecule has 0 aliphatic rings. The van der Waals surface area contributed by atoms with Crippen molar-refractivity contribution in [1.82, 2.24) is 0 Å². The number of carboxylic acids is 1. The van der Waals surface area contributed by atoms with Gasteiger partial charge in [-0.15, -0.1) is 0 Å². The molecule has 1 atom stereocenters. The Morgan fingerprint density at radius 2 is 1.50 bits per heavy atom. The molecule has 0 heterocycles. The number of aliphatic carboxylic acids is 1. The maximum atomic E-state index is 11.3. The van der Waals surface area contributed by atoms with Crippen LogP contribution in [0.15, 0.2) is 4.99 Å². The second-order valence-corrected chi connectivity index (χ2v) is 5.12. The Labute approximate surface area is 135 Å². The van der Waals surface area contributed by atoms with E-state index < -0.39 is 12.0 Å². The van der Waals surface area contributed by atoms with Gasteiger partial charge in [0.15, 0.2) is 0 Å². The van der Waals surface area contributed by atoms with Gasteiger partial charge in [0.05, 0.1) is 0 Å². The quantitative estimate of drug-likeness (QED) is 0.239. The van der Waals surface area contributed by atoms with Crippen LogP contribution in [-0.2, 0) is 4.79 Å². The molecule has 112 valence electrons. The topological polar surface area (TPSA) is 72.7 Å². The maximum absolute atomic E-state index is 11.3. The molecule has 0 saturated carbocycles. The van der Waals surface area contributed by atoms with Crippen LogP contribution in [0.2, 0.25) is 0 Å². The van der Waals surface area contributed by atoms with Gasteiger partial charge < -0.3 is 10.2 Å². The summed E-state index contributed by atoms with van der Waals surface area (Å²) in [4.78, 5) is 14.1. The van der Waals surface area contributed by atoms with Crippen LogP contribution >= 0.6 is 0 Å². The van der Waals surface area contributed by atoms with Gasteiger partial charge in [0.25, 0.3) is 0 Å². The zero-order chi connectivity index (χ0) is 14.5. The summed E-state index contributed by atoms with van der Waals surface area (Å²) in [6.07, 6.45) is 11.2. The summed E-state index contributed by atoms with van der Waals surface area (Å²) in [6, 6.07) is -0.911. The van der Waals surface area contributed by atoms with E-state index in [-0.39, 0.29) is 24.8 Å². The van der Waals surface area contributed by atoms with Gasteiger partial charge in [-0.1, -0.05) is 58.3 Å². The fraction of sp³-hybridized carbons (Fsp3) is 0.867. The van der Waals surface area contributed by atoms with Gasteiger partial charge in [-0.05, 0) is 25.7 Å². The molecule has 4 nitrogen and oxygen atoms in total. The molecule has 0 unspecified atom stereocenters. The molecule has 0 aromatic heterocycles. The zero-order valence-corrected chi connectivity index (χ0v) is 13.4. The maximum Gasteiger partial charge on any atom is 1.00 e. The van der Waals surface area contributed by atoms with E-state index in [0.29, 0.717) is 6.42 Å². The molecule has 0 aliphatic heterocycles. The van der Waals surface area contributed by atoms with Gasteiger partial charge in [-0.3, -0.25) is 4.99 Å². The molecule has 0 rings (SSSR count). The van der Waals surface area contributed by atoms with E-state index in [1.807, 2.05) is 0 Å². The van der Waals surface area contributed by atoms with E-state index in [4.69, 9.17) is 5.11 Å². The van der Waals surface area contributed by atoms with Crippen LogP contribution in [0.5, 0.6) is 0 Å². The van der Waals surface area contributed by atoms with E-state index in [2.05, 4.69) is 11.9 Å². The predicted molar refractivity (Wildman–Crippen MR) is 76.4 cm³/mol. The normalized spacial score (nSPS) is 12.8. The van der Waals surface area contributed by atoms with Gasteiger partial charge in [-0.2, -0.15) is 0 Å². The van der Waals surface area contributed by atoms with E-state index in [9.17, 15) is 9.90 Å². The average molecular weight is 277 g/mol. The number of carboxylic acid groups (broad SMARTS) is 1. The predicted octanol–water partition coefficient (Wildman–Crippen LogP) is 0.143. The van der Waals surface area contributed by atoms with Gasteiger partial charge in [0.1, 0.15) is 6.04 Å². The van der Waals surface area contributed by atoms with Gasteiger partial charge in [-0.25, -0.2) is 4.79 Å². The standard InChI is InChI=1S/C15H29NO3.Li/c1-3-4-5-6-7-8-9-10-11-12-14(17)16-13(2)15(18)19;/h13H,3-12H2,1-2H3,(H,16,17)(H,18,19);/q;+1/p-1/t13-;/m0./s1. The zero-order valence-electron chi connectivity index (χ0n) is 13.4. The minimum absolute atomic E-state index is 0. The molecule has 0 spiro atoms. The number of nitrogens with zero attached hydrogens (tertiary/aromatic N) is 1. The van der Waals surface area contributed by atoms with Crippen molar-refractivity contribution < 1.29 is 33.9 Å². The van der Waals surface area contributed by atoms with Gasteiger partial charge in [0, 0.05) is 0 Å². The van der Waals surface area contributed by atoms with Gasteiger partial charge >= 0.3 is 24.8 Å². The van der Waals surface area contributed by atoms with E-state index in [1.165, 1.54) is 45.4 Å². The van der Waals surface area contributed by atoms with Crippen LogP contribution < -0.4 is 24.0 Å². The SMILES string of the molecule is CCCCCCCCCCCC([O-])=N[C@@H](C)C(=O)O.[Li+]. The Hall–Kier alpha value is -0.463. The van der Waals surface area contributed by atoms with Gasteiger partial charge in [0.2, 0.25) is 0 Å². The Morgan fingerprint density at radius 3 is 1.95 bits per heavy atom. The van der Waals surface area contributed by atoms with Crippen molar-refractivity contribution in [3.8, 4) is 0 Å². The molecule has 0 aromatic carbocycles. The Kier molecular flexibility index (Phi) is 16.3. The van der Waals surface area contributed by atoms with Crippen molar-refractivity contribution in [2.75, 3.05) is 0 Å². The van der Waals surface area contributed by atoms with Crippen LogP contribution in [0.1, 0.15) is 78.1 Å². The van der Waals surface area contributed by atoms with E-state index in [1.54, 1.807) is 0 Å². The summed E-state index contributed by atoms with van der Waals surface area (Å²) in [5.41, 5.74) is 0. The molecule has 0 aromatic rings. The Bertz CT molecular complexity index is 270.